The lowest BCUT2D eigenvalue weighted by atomic mass is 10.0. The second-order valence-electron chi connectivity index (χ2n) is 7.72. The van der Waals surface area contributed by atoms with Crippen molar-refractivity contribution in [2.24, 2.45) is 5.92 Å². The highest BCUT2D eigenvalue weighted by Gasteiger charge is 2.41. The zero-order valence-electron chi connectivity index (χ0n) is 16.8. The van der Waals surface area contributed by atoms with Crippen LogP contribution in [0.1, 0.15) is 25.1 Å². The minimum absolute atomic E-state index is 0.0456. The molecule has 5 nitrogen and oxygen atoms in total. The van der Waals surface area contributed by atoms with Gasteiger partial charge >= 0.3 is 12.2 Å². The van der Waals surface area contributed by atoms with E-state index in [1.807, 2.05) is 13.8 Å². The Morgan fingerprint density at radius 2 is 1.81 bits per heavy atom. The van der Waals surface area contributed by atoms with Crippen molar-refractivity contribution in [3.05, 3.63) is 59.4 Å². The summed E-state index contributed by atoms with van der Waals surface area (Å²) in [7, 11) is 0. The summed E-state index contributed by atoms with van der Waals surface area (Å²) in [5.74, 6) is -2.07. The van der Waals surface area contributed by atoms with Gasteiger partial charge in [-0.2, -0.15) is 13.2 Å². The maximum absolute atomic E-state index is 13.4. The van der Waals surface area contributed by atoms with Crippen LogP contribution in [0.4, 0.5) is 32.4 Å². The summed E-state index contributed by atoms with van der Waals surface area (Å²) in [6, 6.07) is 3.83. The Balaban J connectivity index is 1.76. The molecule has 0 aliphatic carbocycles. The second-order valence-corrected chi connectivity index (χ2v) is 7.72. The minimum Gasteiger partial charge on any atom is -0.312 e. The number of ketones is 1. The molecule has 0 spiro atoms. The molecule has 2 heterocycles. The van der Waals surface area contributed by atoms with Crippen LogP contribution < -0.4 is 4.90 Å². The maximum atomic E-state index is 13.4. The summed E-state index contributed by atoms with van der Waals surface area (Å²) in [5, 5.41) is 0. The molecule has 1 unspecified atom stereocenters. The molecule has 31 heavy (non-hydrogen) atoms. The van der Waals surface area contributed by atoms with Gasteiger partial charge in [0.25, 0.3) is 0 Å². The van der Waals surface area contributed by atoms with E-state index in [4.69, 9.17) is 0 Å². The summed E-state index contributed by atoms with van der Waals surface area (Å²) < 4.78 is 64.9. The first kappa shape index (κ1) is 22.6. The van der Waals surface area contributed by atoms with Crippen molar-refractivity contribution in [1.29, 1.82) is 0 Å². The lowest BCUT2D eigenvalue weighted by molar-refractivity contribution is -0.141. The van der Waals surface area contributed by atoms with Crippen molar-refractivity contribution >= 4 is 17.5 Å². The first-order chi connectivity index (χ1) is 14.5. The normalized spacial score (nSPS) is 17.0. The Kier molecular flexibility index (Phi) is 6.28. The van der Waals surface area contributed by atoms with Crippen LogP contribution >= 0.6 is 0 Å². The van der Waals surface area contributed by atoms with Crippen molar-refractivity contribution in [3.63, 3.8) is 0 Å². The smallest absolute Gasteiger partial charge is 0.312 e. The SMILES string of the molecule is CC(C)C1CN(c2ccc(C(F)(F)F)nc2)C(=O)N1CC(=O)Cc1cc(F)cc(F)c1. The molecule has 10 heteroatoms. The van der Waals surface area contributed by atoms with Crippen LogP contribution in [-0.4, -0.2) is 40.8 Å². The molecular weight excluding hydrogens is 421 g/mol. The van der Waals surface area contributed by atoms with Gasteiger partial charge in [0.1, 0.15) is 17.3 Å². The lowest BCUT2D eigenvalue weighted by Gasteiger charge is -2.25. The van der Waals surface area contributed by atoms with Gasteiger partial charge in [-0.05, 0) is 35.7 Å². The number of hydrogen-bond acceptors (Lipinski definition) is 3. The lowest BCUT2D eigenvalue weighted by Crippen LogP contribution is -2.41. The van der Waals surface area contributed by atoms with Gasteiger partial charge < -0.3 is 4.90 Å². The van der Waals surface area contributed by atoms with E-state index in [0.717, 1.165) is 30.5 Å². The molecule has 1 aliphatic heterocycles. The number of rotatable bonds is 6. The molecule has 1 aromatic carbocycles. The van der Waals surface area contributed by atoms with Gasteiger partial charge in [-0.15, -0.1) is 0 Å². The molecule has 0 saturated carbocycles. The highest BCUT2D eigenvalue weighted by molar-refractivity contribution is 5.97. The summed E-state index contributed by atoms with van der Waals surface area (Å²) in [6.45, 7) is 3.59. The zero-order chi connectivity index (χ0) is 22.9. The van der Waals surface area contributed by atoms with Crippen LogP contribution in [0.25, 0.3) is 0 Å². The van der Waals surface area contributed by atoms with Crippen LogP contribution in [0, 0.1) is 17.6 Å². The quantitative estimate of drug-likeness (QED) is 0.623. The summed E-state index contributed by atoms with van der Waals surface area (Å²) >= 11 is 0. The number of halogens is 5. The molecule has 2 amide bonds. The van der Waals surface area contributed by atoms with Gasteiger partial charge in [-0.1, -0.05) is 13.8 Å². The molecule has 3 rings (SSSR count). The maximum Gasteiger partial charge on any atom is 0.433 e. The Hall–Kier alpha value is -3.04. The molecule has 166 valence electrons. The average Bonchev–Trinajstić information content (AvgIpc) is 2.97. The number of amides is 2. The predicted molar refractivity (Wildman–Crippen MR) is 102 cm³/mol. The monoisotopic (exact) mass is 441 g/mol. The fourth-order valence-electron chi connectivity index (χ4n) is 3.53. The van der Waals surface area contributed by atoms with E-state index in [-0.39, 0.29) is 42.7 Å². The molecule has 1 aliphatic rings. The van der Waals surface area contributed by atoms with Crippen LogP contribution in [0.5, 0.6) is 0 Å². The highest BCUT2D eigenvalue weighted by Crippen LogP contribution is 2.31. The van der Waals surface area contributed by atoms with Gasteiger partial charge in [-0.3, -0.25) is 9.69 Å². The van der Waals surface area contributed by atoms with Gasteiger partial charge in [0, 0.05) is 19.0 Å². The number of hydrogen-bond donors (Lipinski definition) is 0. The third-order valence-corrected chi connectivity index (χ3v) is 5.04. The topological polar surface area (TPSA) is 53.5 Å². The van der Waals surface area contributed by atoms with Crippen molar-refractivity contribution in [2.45, 2.75) is 32.5 Å². The van der Waals surface area contributed by atoms with Crippen LogP contribution in [0.2, 0.25) is 0 Å². The van der Waals surface area contributed by atoms with Crippen LogP contribution in [0.3, 0.4) is 0 Å². The molecule has 1 aromatic heterocycles. The highest BCUT2D eigenvalue weighted by atomic mass is 19.4. The number of urea groups is 1. The third-order valence-electron chi connectivity index (χ3n) is 5.04. The first-order valence-electron chi connectivity index (χ1n) is 9.53. The van der Waals surface area contributed by atoms with E-state index >= 15 is 0 Å². The van der Waals surface area contributed by atoms with E-state index in [0.29, 0.717) is 6.07 Å². The Morgan fingerprint density at radius 3 is 2.32 bits per heavy atom. The summed E-state index contributed by atoms with van der Waals surface area (Å²) in [5.41, 5.74) is -0.734. The largest absolute Gasteiger partial charge is 0.433 e. The van der Waals surface area contributed by atoms with Crippen LogP contribution in [0.15, 0.2) is 36.5 Å². The average molecular weight is 441 g/mol. The van der Waals surface area contributed by atoms with Gasteiger partial charge in [0.15, 0.2) is 5.78 Å². The van der Waals surface area contributed by atoms with E-state index in [2.05, 4.69) is 4.98 Å². The Bertz CT molecular complexity index is 956. The molecule has 1 saturated heterocycles. The number of anilines is 1. The molecule has 0 radical (unpaired) electrons. The molecule has 1 fully saturated rings. The zero-order valence-corrected chi connectivity index (χ0v) is 16.8. The van der Waals surface area contributed by atoms with Gasteiger partial charge in [0.05, 0.1) is 24.5 Å². The third kappa shape index (κ3) is 5.18. The number of carbonyl (C=O) groups excluding carboxylic acids is 2. The van der Waals surface area contributed by atoms with Crippen molar-refractivity contribution in [1.82, 2.24) is 9.88 Å². The number of benzene rings is 1. The first-order valence-corrected chi connectivity index (χ1v) is 9.53. The molecule has 1 atom stereocenters. The van der Waals surface area contributed by atoms with E-state index in [1.54, 1.807) is 0 Å². The van der Waals surface area contributed by atoms with Crippen molar-refractivity contribution in [3.8, 4) is 0 Å². The number of pyridine rings is 1. The summed E-state index contributed by atoms with van der Waals surface area (Å²) in [4.78, 5) is 31.4. The van der Waals surface area contributed by atoms with E-state index < -0.39 is 35.3 Å². The standard InChI is InChI=1S/C21H20F5N3O2/c1-12(2)18-11-28(16-3-4-19(27-9-16)21(24,25)26)20(31)29(18)10-17(30)7-13-5-14(22)8-15(23)6-13/h3-6,8-9,12,18H,7,10-11H2,1-2H3. The molecule has 0 N–H and O–H groups in total. The van der Waals surface area contributed by atoms with Gasteiger partial charge in [0.2, 0.25) is 0 Å². The molecular formula is C21H20F5N3O2. The number of Topliss-reactive ketones (excluding diaryl/α,β-unsaturated/α-hetero) is 1. The van der Waals surface area contributed by atoms with Crippen molar-refractivity contribution in [2.75, 3.05) is 18.0 Å². The Labute approximate surface area is 175 Å². The number of carbonyl (C=O) groups is 2. The predicted octanol–water partition coefficient (Wildman–Crippen LogP) is 4.46. The van der Waals surface area contributed by atoms with E-state index in [1.165, 1.54) is 9.80 Å². The molecule has 0 bridgehead atoms. The minimum atomic E-state index is -4.59. The summed E-state index contributed by atoms with van der Waals surface area (Å²) in [6.07, 6.45) is -3.88. The fraction of sp³-hybridized carbons (Fsp3) is 0.381. The van der Waals surface area contributed by atoms with Crippen LogP contribution in [-0.2, 0) is 17.4 Å². The fourth-order valence-corrected chi connectivity index (χ4v) is 3.53. The molecule has 2 aromatic rings. The van der Waals surface area contributed by atoms with E-state index in [9.17, 15) is 31.5 Å². The van der Waals surface area contributed by atoms with Crippen molar-refractivity contribution < 1.29 is 31.5 Å². The second kappa shape index (κ2) is 8.60. The number of alkyl halides is 3. The Morgan fingerprint density at radius 1 is 1.16 bits per heavy atom. The number of nitrogens with zero attached hydrogens (tertiary/aromatic N) is 3. The van der Waals surface area contributed by atoms with Gasteiger partial charge in [-0.25, -0.2) is 18.6 Å². The number of aromatic nitrogens is 1.